The second-order valence-electron chi connectivity index (χ2n) is 10.0. The van der Waals surface area contributed by atoms with Crippen molar-refractivity contribution in [1.82, 2.24) is 15.1 Å². The van der Waals surface area contributed by atoms with Crippen LogP contribution in [0.1, 0.15) is 71.9 Å². The van der Waals surface area contributed by atoms with Crippen molar-refractivity contribution in [2.24, 2.45) is 0 Å². The number of carbonyl (C=O) groups excluding carboxylic acids is 3. The topological polar surface area (TPSA) is 79.0 Å². The number of hydrogen-bond donors (Lipinski definition) is 1. The van der Waals surface area contributed by atoms with Gasteiger partial charge in [0.15, 0.2) is 0 Å². The molecule has 4 rings (SSSR count). The van der Waals surface area contributed by atoms with Crippen molar-refractivity contribution in [3.63, 3.8) is 0 Å². The van der Waals surface area contributed by atoms with E-state index in [9.17, 15) is 14.4 Å². The average Bonchev–Trinajstić information content (AvgIpc) is 3.32. The maximum Gasteiger partial charge on any atom is 0.411 e. The zero-order valence-electron chi connectivity index (χ0n) is 20.8. The third-order valence-corrected chi connectivity index (χ3v) is 6.26. The normalized spacial score (nSPS) is 17.5. The van der Waals surface area contributed by atoms with Crippen LogP contribution in [0.3, 0.4) is 0 Å². The summed E-state index contributed by atoms with van der Waals surface area (Å²) in [6, 6.07) is 15.4. The molecule has 2 heterocycles. The maximum atomic E-state index is 12.6. The van der Waals surface area contributed by atoms with Crippen molar-refractivity contribution < 1.29 is 19.1 Å². The predicted molar refractivity (Wildman–Crippen MR) is 134 cm³/mol. The van der Waals surface area contributed by atoms with Crippen LogP contribution in [0, 0.1) is 0 Å². The minimum absolute atomic E-state index is 0.00673. The number of alkyl carbamates (subject to hydrolysis) is 1. The second kappa shape index (κ2) is 9.94. The number of aryl methyl sites for hydroxylation is 1. The minimum atomic E-state index is -0.590. The Morgan fingerprint density at radius 3 is 2.20 bits per heavy atom. The van der Waals surface area contributed by atoms with E-state index in [0.29, 0.717) is 37.2 Å². The van der Waals surface area contributed by atoms with Crippen LogP contribution in [0.4, 0.5) is 4.79 Å². The highest BCUT2D eigenvalue weighted by atomic mass is 16.6. The lowest BCUT2D eigenvalue weighted by Crippen LogP contribution is -2.33. The fourth-order valence-electron chi connectivity index (χ4n) is 4.51. The van der Waals surface area contributed by atoms with E-state index in [2.05, 4.69) is 41.4 Å². The molecular weight excluding hydrogens is 442 g/mol. The molecule has 2 aliphatic rings. The van der Waals surface area contributed by atoms with Gasteiger partial charge in [-0.2, -0.15) is 0 Å². The minimum Gasteiger partial charge on any atom is -0.444 e. The van der Waals surface area contributed by atoms with Gasteiger partial charge in [0.1, 0.15) is 5.60 Å². The van der Waals surface area contributed by atoms with Gasteiger partial charge in [-0.3, -0.25) is 19.8 Å². The second-order valence-corrected chi connectivity index (χ2v) is 10.0. The first-order chi connectivity index (χ1) is 16.7. The van der Waals surface area contributed by atoms with Gasteiger partial charge in [-0.05, 0) is 56.9 Å². The van der Waals surface area contributed by atoms with Crippen molar-refractivity contribution in [3.8, 4) is 0 Å². The summed E-state index contributed by atoms with van der Waals surface area (Å²) in [7, 11) is 0. The monoisotopic (exact) mass is 475 g/mol. The number of nitrogens with one attached hydrogen (secondary N) is 1. The van der Waals surface area contributed by atoms with E-state index in [4.69, 9.17) is 4.74 Å². The van der Waals surface area contributed by atoms with Crippen LogP contribution in [0.15, 0.2) is 60.4 Å². The fraction of sp³-hybridized carbons (Fsp3) is 0.393. The highest BCUT2D eigenvalue weighted by Gasteiger charge is 2.35. The number of hydrogen-bond acceptors (Lipinski definition) is 5. The summed E-state index contributed by atoms with van der Waals surface area (Å²) in [6.07, 6.45) is 3.06. The smallest absolute Gasteiger partial charge is 0.411 e. The third-order valence-electron chi connectivity index (χ3n) is 6.26. The Bertz CT molecular complexity index is 1110. The molecule has 3 amide bonds. The van der Waals surface area contributed by atoms with Crippen molar-refractivity contribution in [1.29, 1.82) is 0 Å². The van der Waals surface area contributed by atoms with E-state index >= 15 is 0 Å². The number of ether oxygens (including phenoxy) is 1. The first-order valence-corrected chi connectivity index (χ1v) is 12.2. The lowest BCUT2D eigenvalue weighted by atomic mass is 9.96. The van der Waals surface area contributed by atoms with Crippen molar-refractivity contribution in [3.05, 3.63) is 82.7 Å². The number of carbonyl (C=O) groups is 3. The van der Waals surface area contributed by atoms with Crippen LogP contribution in [0.25, 0.3) is 0 Å². The van der Waals surface area contributed by atoms with Crippen LogP contribution in [0.2, 0.25) is 0 Å². The van der Waals surface area contributed by atoms with E-state index in [1.807, 2.05) is 27.0 Å². The molecule has 2 aromatic rings. The number of nitrogens with zero attached hydrogens (tertiary/aromatic N) is 2. The average molecular weight is 476 g/mol. The number of imide groups is 1. The number of amides is 3. The van der Waals surface area contributed by atoms with E-state index < -0.39 is 11.7 Å². The van der Waals surface area contributed by atoms with E-state index in [1.54, 1.807) is 24.3 Å². The molecular formula is C28H33N3O4. The van der Waals surface area contributed by atoms with Crippen molar-refractivity contribution >= 4 is 17.9 Å². The molecule has 0 radical (unpaired) electrons. The zero-order valence-corrected chi connectivity index (χ0v) is 20.8. The molecule has 2 aliphatic heterocycles. The van der Waals surface area contributed by atoms with Gasteiger partial charge < -0.3 is 9.64 Å². The van der Waals surface area contributed by atoms with E-state index in [-0.39, 0.29) is 17.7 Å². The molecule has 7 nitrogen and oxygen atoms in total. The number of fused-ring (bicyclic) bond motifs is 1. The summed E-state index contributed by atoms with van der Waals surface area (Å²) in [4.78, 5) is 41.2. The number of rotatable bonds is 7. The number of benzene rings is 2. The quantitative estimate of drug-likeness (QED) is 0.587. The van der Waals surface area contributed by atoms with Crippen molar-refractivity contribution in [2.45, 2.75) is 52.1 Å². The van der Waals surface area contributed by atoms with Crippen LogP contribution in [0.5, 0.6) is 0 Å². The molecule has 0 fully saturated rings. The molecule has 0 spiro atoms. The van der Waals surface area contributed by atoms with Crippen LogP contribution >= 0.6 is 0 Å². The van der Waals surface area contributed by atoms with E-state index in [1.165, 1.54) is 10.5 Å². The van der Waals surface area contributed by atoms with Gasteiger partial charge in [0.25, 0.3) is 11.8 Å². The maximum absolute atomic E-state index is 12.6. The lowest BCUT2D eigenvalue weighted by Gasteiger charge is -2.22. The van der Waals surface area contributed by atoms with Crippen LogP contribution in [-0.2, 0) is 11.2 Å². The highest BCUT2D eigenvalue weighted by Crippen LogP contribution is 2.31. The standard InChI is InChI=1S/C28H33N3O4/c1-5-19-11-13-20(14-12-19)23-17-30(18-24(23)29-27(34)35-28(2,3)4)15-8-16-31-25(32)21-9-6-7-10-22(21)26(31)33/h6-7,9-14,18,23H,5,8,15-17H2,1-4H3,(H,29,34). The van der Waals surface area contributed by atoms with Gasteiger partial charge in [-0.15, -0.1) is 0 Å². The third kappa shape index (κ3) is 5.56. The fourth-order valence-corrected chi connectivity index (χ4v) is 4.51. The predicted octanol–water partition coefficient (Wildman–Crippen LogP) is 4.70. The largest absolute Gasteiger partial charge is 0.444 e. The molecule has 1 atom stereocenters. The molecule has 0 saturated carbocycles. The molecule has 7 heteroatoms. The van der Waals surface area contributed by atoms with Crippen molar-refractivity contribution in [2.75, 3.05) is 19.6 Å². The molecule has 1 unspecified atom stereocenters. The molecule has 1 N–H and O–H groups in total. The summed E-state index contributed by atoms with van der Waals surface area (Å²) in [6.45, 7) is 9.32. The Kier molecular flexibility index (Phi) is 6.96. The zero-order chi connectivity index (χ0) is 25.2. The van der Waals surface area contributed by atoms with Gasteiger partial charge in [-0.25, -0.2) is 4.79 Å². The molecule has 2 aromatic carbocycles. The Morgan fingerprint density at radius 2 is 1.63 bits per heavy atom. The first-order valence-electron chi connectivity index (χ1n) is 12.2. The molecule has 0 aliphatic carbocycles. The molecule has 35 heavy (non-hydrogen) atoms. The molecule has 184 valence electrons. The molecule has 0 aromatic heterocycles. The Labute approximate surface area is 206 Å². The van der Waals surface area contributed by atoms with Gasteiger partial charge in [0.2, 0.25) is 0 Å². The Hall–Kier alpha value is -3.61. The summed E-state index contributed by atoms with van der Waals surface area (Å²) in [5.41, 5.74) is 3.51. The molecule has 0 bridgehead atoms. The van der Waals surface area contributed by atoms with E-state index in [0.717, 1.165) is 17.7 Å². The summed E-state index contributed by atoms with van der Waals surface area (Å²) < 4.78 is 5.47. The SMILES string of the molecule is CCc1ccc(C2CN(CCCN3C(=O)c4ccccc4C3=O)C=C2NC(=O)OC(C)(C)C)cc1. The van der Waals surface area contributed by atoms with Gasteiger partial charge in [0, 0.05) is 37.4 Å². The van der Waals surface area contributed by atoms with Crippen LogP contribution in [-0.4, -0.2) is 52.9 Å². The van der Waals surface area contributed by atoms with Gasteiger partial charge in [0.05, 0.1) is 11.1 Å². The Balaban J connectivity index is 1.42. The Morgan fingerprint density at radius 1 is 1.00 bits per heavy atom. The highest BCUT2D eigenvalue weighted by molar-refractivity contribution is 6.21. The summed E-state index contributed by atoms with van der Waals surface area (Å²) in [5, 5.41) is 2.94. The summed E-state index contributed by atoms with van der Waals surface area (Å²) in [5.74, 6) is -0.472. The lowest BCUT2D eigenvalue weighted by molar-refractivity contribution is 0.0542. The van der Waals surface area contributed by atoms with Crippen LogP contribution < -0.4 is 5.32 Å². The summed E-state index contributed by atoms with van der Waals surface area (Å²) >= 11 is 0. The first kappa shape index (κ1) is 24.5. The molecule has 0 saturated heterocycles. The van der Waals surface area contributed by atoms with Gasteiger partial charge >= 0.3 is 6.09 Å². The van der Waals surface area contributed by atoms with Gasteiger partial charge in [-0.1, -0.05) is 43.3 Å².